The highest BCUT2D eigenvalue weighted by atomic mass is 32.2. The molecule has 1 aromatic carbocycles. The van der Waals surface area contributed by atoms with Gasteiger partial charge >= 0.3 is 23.9 Å². The zero-order valence-electron chi connectivity index (χ0n) is 23.7. The summed E-state index contributed by atoms with van der Waals surface area (Å²) in [6, 6.07) is 0. The molecule has 14 heteroatoms. The molecule has 2 aliphatic rings. The second-order valence-corrected chi connectivity index (χ2v) is 14.3. The molecule has 2 aliphatic heterocycles. The Bertz CT molecular complexity index is 1150. The highest BCUT2D eigenvalue weighted by Crippen LogP contribution is 2.68. The largest absolute Gasteiger partial charge is 0.491 e. The SMILES string of the molecule is CCCC(CC)COc1c2c(c(OCC(CC)CCC)c3c1SC(=C(C(=O)O)C(=O)O)S3)SC(=C(C(=O)O)C(=O)O)S2. The first-order chi connectivity index (χ1) is 20.0. The Morgan fingerprint density at radius 2 is 0.857 bits per heavy atom. The average Bonchev–Trinajstić information content (AvgIpc) is 3.53. The molecule has 10 nitrogen and oxygen atoms in total. The molecule has 42 heavy (non-hydrogen) atoms. The van der Waals surface area contributed by atoms with Gasteiger partial charge in [-0.1, -0.05) is 100 Å². The van der Waals surface area contributed by atoms with Crippen molar-refractivity contribution in [3.8, 4) is 11.5 Å². The Morgan fingerprint density at radius 1 is 0.571 bits per heavy atom. The number of rotatable bonds is 16. The quantitative estimate of drug-likeness (QED) is 0.0796. The van der Waals surface area contributed by atoms with E-state index in [-0.39, 0.29) is 20.3 Å². The number of ether oxygens (including phenoxy) is 2. The topological polar surface area (TPSA) is 168 Å². The number of carboxylic acids is 4. The van der Waals surface area contributed by atoms with Gasteiger partial charge in [0.2, 0.25) is 0 Å². The molecule has 0 fully saturated rings. The van der Waals surface area contributed by atoms with E-state index < -0.39 is 35.0 Å². The van der Waals surface area contributed by atoms with Crippen LogP contribution in [-0.4, -0.2) is 57.5 Å². The van der Waals surface area contributed by atoms with E-state index in [0.717, 1.165) is 85.6 Å². The van der Waals surface area contributed by atoms with Crippen LogP contribution in [0.25, 0.3) is 0 Å². The molecule has 230 valence electrons. The van der Waals surface area contributed by atoms with Gasteiger partial charge < -0.3 is 29.9 Å². The van der Waals surface area contributed by atoms with Crippen molar-refractivity contribution in [3.63, 3.8) is 0 Å². The Morgan fingerprint density at radius 3 is 1.07 bits per heavy atom. The number of thioether (sulfide) groups is 4. The predicted molar refractivity (Wildman–Crippen MR) is 163 cm³/mol. The average molecular weight is 659 g/mol. The summed E-state index contributed by atoms with van der Waals surface area (Å²) in [4.78, 5) is 49.5. The molecule has 1 aromatic rings. The Labute approximate surface area is 261 Å². The summed E-state index contributed by atoms with van der Waals surface area (Å²) in [6.45, 7) is 8.87. The highest BCUT2D eigenvalue weighted by molar-refractivity contribution is 8.26. The van der Waals surface area contributed by atoms with Crippen molar-refractivity contribution in [1.82, 2.24) is 0 Å². The molecular formula is C28H34O10S4. The van der Waals surface area contributed by atoms with Crippen LogP contribution in [0, 0.1) is 11.8 Å². The number of hydrogen-bond donors (Lipinski definition) is 4. The first-order valence-corrected chi connectivity index (χ1v) is 16.9. The van der Waals surface area contributed by atoms with Gasteiger partial charge in [-0.05, 0) is 24.7 Å². The summed E-state index contributed by atoms with van der Waals surface area (Å²) in [5, 5.41) is 38.7. The Balaban J connectivity index is 2.27. The van der Waals surface area contributed by atoms with Crippen molar-refractivity contribution in [2.75, 3.05) is 13.2 Å². The van der Waals surface area contributed by atoms with E-state index in [0.29, 0.717) is 44.3 Å². The first-order valence-electron chi connectivity index (χ1n) is 13.6. The molecule has 3 rings (SSSR count). The molecule has 0 bridgehead atoms. The Kier molecular flexibility index (Phi) is 12.5. The van der Waals surface area contributed by atoms with Crippen LogP contribution >= 0.6 is 47.0 Å². The molecule has 0 radical (unpaired) electrons. The normalized spacial score (nSPS) is 15.0. The molecule has 0 aliphatic carbocycles. The third kappa shape index (κ3) is 7.56. The van der Waals surface area contributed by atoms with E-state index in [2.05, 4.69) is 13.8 Å². The first kappa shape index (κ1) is 34.1. The monoisotopic (exact) mass is 658 g/mol. The van der Waals surface area contributed by atoms with Gasteiger partial charge in [0.1, 0.15) is 11.5 Å². The van der Waals surface area contributed by atoms with E-state index in [4.69, 9.17) is 9.47 Å². The molecule has 2 atom stereocenters. The smallest absolute Gasteiger partial charge is 0.344 e. The van der Waals surface area contributed by atoms with Gasteiger partial charge in [-0.2, -0.15) is 0 Å². The number of carbonyl (C=O) groups is 4. The van der Waals surface area contributed by atoms with Crippen LogP contribution in [0.5, 0.6) is 11.5 Å². The van der Waals surface area contributed by atoms with Crippen molar-refractivity contribution >= 4 is 70.9 Å². The third-order valence-electron chi connectivity index (χ3n) is 6.76. The fraction of sp³-hybridized carbons (Fsp3) is 0.500. The fourth-order valence-electron chi connectivity index (χ4n) is 4.43. The van der Waals surface area contributed by atoms with Crippen molar-refractivity contribution in [1.29, 1.82) is 0 Å². The zero-order valence-corrected chi connectivity index (χ0v) is 26.9. The molecule has 0 amide bonds. The maximum Gasteiger partial charge on any atom is 0.344 e. The minimum Gasteiger partial charge on any atom is -0.491 e. The summed E-state index contributed by atoms with van der Waals surface area (Å²) >= 11 is 3.83. The summed E-state index contributed by atoms with van der Waals surface area (Å²) in [6.07, 6.45) is 5.39. The minimum absolute atomic E-state index is 0.0482. The van der Waals surface area contributed by atoms with Gasteiger partial charge in [-0.25, -0.2) is 19.2 Å². The maximum absolute atomic E-state index is 11.9. The van der Waals surface area contributed by atoms with Crippen LogP contribution in [0.4, 0.5) is 0 Å². The number of benzene rings is 1. The van der Waals surface area contributed by atoms with Gasteiger partial charge in [0, 0.05) is 0 Å². The zero-order chi connectivity index (χ0) is 31.1. The molecule has 2 heterocycles. The fourth-order valence-corrected chi connectivity index (χ4v) is 10.00. The van der Waals surface area contributed by atoms with Crippen LogP contribution in [0.3, 0.4) is 0 Å². The van der Waals surface area contributed by atoms with Crippen LogP contribution < -0.4 is 9.47 Å². The van der Waals surface area contributed by atoms with Crippen LogP contribution in [0.1, 0.15) is 66.2 Å². The van der Waals surface area contributed by atoms with Gasteiger partial charge in [-0.15, -0.1) is 0 Å². The van der Waals surface area contributed by atoms with Crippen molar-refractivity contribution in [2.24, 2.45) is 11.8 Å². The third-order valence-corrected chi connectivity index (χ3v) is 11.9. The lowest BCUT2D eigenvalue weighted by atomic mass is 10.0. The lowest BCUT2D eigenvalue weighted by Gasteiger charge is -2.22. The van der Waals surface area contributed by atoms with E-state index in [1.54, 1.807) is 0 Å². The molecule has 0 spiro atoms. The van der Waals surface area contributed by atoms with Gasteiger partial charge in [-0.3, -0.25) is 0 Å². The molecule has 0 saturated carbocycles. The van der Waals surface area contributed by atoms with Gasteiger partial charge in [0.15, 0.2) is 11.1 Å². The van der Waals surface area contributed by atoms with E-state index in [9.17, 15) is 39.6 Å². The standard InChI is InChI=1S/C28H34O10S4/c1-5-9-13(7-3)11-37-17-19-21(41-27(39-19)15(23(29)30)24(31)32)18(38-12-14(8-4)10-6-2)22-20(17)40-28(42-22)16(25(33)34)26(35)36/h13-14H,5-12H2,1-4H3,(H,29,30)(H,31,32)(H,33,34)(H,35,36). The Hall–Kier alpha value is -2.42. The molecule has 0 aromatic heterocycles. The number of hydrogen-bond acceptors (Lipinski definition) is 10. The summed E-state index contributed by atoms with van der Waals surface area (Å²) in [5.74, 6) is -5.21. The van der Waals surface area contributed by atoms with Crippen LogP contribution in [0.15, 0.2) is 39.2 Å². The molecule has 2 unspecified atom stereocenters. The van der Waals surface area contributed by atoms with Crippen molar-refractivity contribution in [3.05, 3.63) is 19.6 Å². The molecule has 4 N–H and O–H groups in total. The minimum atomic E-state index is -1.58. The van der Waals surface area contributed by atoms with E-state index >= 15 is 0 Å². The van der Waals surface area contributed by atoms with E-state index in [1.807, 2.05) is 13.8 Å². The van der Waals surface area contributed by atoms with Crippen LogP contribution in [0.2, 0.25) is 0 Å². The molecule has 0 saturated heterocycles. The number of aliphatic carboxylic acids is 4. The van der Waals surface area contributed by atoms with Crippen LogP contribution in [-0.2, 0) is 19.2 Å². The summed E-state index contributed by atoms with van der Waals surface area (Å²) < 4.78 is 12.9. The van der Waals surface area contributed by atoms with E-state index in [1.165, 1.54) is 0 Å². The van der Waals surface area contributed by atoms with Crippen molar-refractivity contribution in [2.45, 2.75) is 85.8 Å². The van der Waals surface area contributed by atoms with Gasteiger partial charge in [0.25, 0.3) is 0 Å². The predicted octanol–water partition coefficient (Wildman–Crippen LogP) is 7.25. The van der Waals surface area contributed by atoms with Crippen molar-refractivity contribution < 1.29 is 49.1 Å². The maximum atomic E-state index is 11.9. The number of carboxylic acid groups (broad SMARTS) is 4. The van der Waals surface area contributed by atoms with Gasteiger partial charge in [0.05, 0.1) is 41.3 Å². The second kappa shape index (κ2) is 15.3. The highest BCUT2D eigenvalue weighted by Gasteiger charge is 2.41. The second-order valence-electron chi connectivity index (χ2n) is 9.68. The number of fused-ring (bicyclic) bond motifs is 2. The molecular weight excluding hydrogens is 625 g/mol. The summed E-state index contributed by atoms with van der Waals surface area (Å²) in [5.41, 5.74) is -1.54. The lowest BCUT2D eigenvalue weighted by molar-refractivity contribution is -0.142. The lowest BCUT2D eigenvalue weighted by Crippen LogP contribution is -2.13. The summed E-state index contributed by atoms with van der Waals surface area (Å²) in [7, 11) is 0.